The van der Waals surface area contributed by atoms with Crippen molar-refractivity contribution in [1.29, 1.82) is 0 Å². The monoisotopic (exact) mass is 482 g/mol. The van der Waals surface area contributed by atoms with Crippen molar-refractivity contribution in [1.82, 2.24) is 20.2 Å². The lowest BCUT2D eigenvalue weighted by Gasteiger charge is -2.13. The van der Waals surface area contributed by atoms with Gasteiger partial charge in [0.1, 0.15) is 10.7 Å². The Balaban J connectivity index is 1.29. The summed E-state index contributed by atoms with van der Waals surface area (Å²) in [4.78, 5) is 59.7. The number of nitrogens with zero attached hydrogens (tertiary/aromatic N) is 2. The molecule has 3 heterocycles. The molecule has 1 saturated heterocycles. The van der Waals surface area contributed by atoms with Gasteiger partial charge in [0.15, 0.2) is 0 Å². The number of hydrogen-bond donors (Lipinski definition) is 2. The molecule has 0 atom stereocenters. The fourth-order valence-corrected chi connectivity index (χ4v) is 5.35. The summed E-state index contributed by atoms with van der Waals surface area (Å²) in [6.45, 7) is 4.09. The summed E-state index contributed by atoms with van der Waals surface area (Å²) in [7, 11) is 0. The van der Waals surface area contributed by atoms with Crippen LogP contribution in [0.15, 0.2) is 40.0 Å². The average Bonchev–Trinajstić information content (AvgIpc) is 3.22. The number of aromatic amines is 1. The summed E-state index contributed by atoms with van der Waals surface area (Å²) < 4.78 is 0. The number of aromatic nitrogens is 2. The molecule has 2 aromatic heterocycles. The number of H-pyrrole nitrogens is 1. The van der Waals surface area contributed by atoms with E-state index in [0.717, 1.165) is 32.7 Å². The van der Waals surface area contributed by atoms with Crippen LogP contribution in [0.3, 0.4) is 0 Å². The maximum atomic E-state index is 12.5. The van der Waals surface area contributed by atoms with E-state index in [4.69, 9.17) is 0 Å². The molecule has 4 rings (SSSR count). The van der Waals surface area contributed by atoms with Crippen LogP contribution in [0.25, 0.3) is 16.3 Å². The number of carbonyl (C=O) groups excluding carboxylic acids is 3. The van der Waals surface area contributed by atoms with E-state index in [9.17, 15) is 19.2 Å². The Hall–Kier alpha value is -3.24. The Morgan fingerprint density at radius 2 is 1.94 bits per heavy atom. The van der Waals surface area contributed by atoms with Gasteiger partial charge in [-0.05, 0) is 42.8 Å². The van der Waals surface area contributed by atoms with Crippen molar-refractivity contribution in [2.45, 2.75) is 26.7 Å². The van der Waals surface area contributed by atoms with E-state index >= 15 is 0 Å². The topological polar surface area (TPSA) is 112 Å². The fraction of sp³-hybridized carbons (Fsp3) is 0.261. The highest BCUT2D eigenvalue weighted by atomic mass is 32.2. The van der Waals surface area contributed by atoms with Crippen LogP contribution in [0.4, 0.5) is 4.79 Å². The van der Waals surface area contributed by atoms with E-state index in [-0.39, 0.29) is 48.5 Å². The molecular weight excluding hydrogens is 460 g/mol. The number of carbonyl (C=O) groups is 3. The minimum atomic E-state index is -0.361. The van der Waals surface area contributed by atoms with Crippen molar-refractivity contribution in [2.75, 3.05) is 13.1 Å². The predicted molar refractivity (Wildman–Crippen MR) is 130 cm³/mol. The molecule has 1 fully saturated rings. The minimum absolute atomic E-state index is 0.0946. The first kappa shape index (κ1) is 22.9. The average molecular weight is 483 g/mol. The summed E-state index contributed by atoms with van der Waals surface area (Å²) in [6, 6.07) is 9.31. The van der Waals surface area contributed by atoms with Gasteiger partial charge in [-0.2, -0.15) is 0 Å². The molecule has 0 unspecified atom stereocenters. The van der Waals surface area contributed by atoms with Gasteiger partial charge in [-0.25, -0.2) is 4.98 Å². The lowest BCUT2D eigenvalue weighted by Crippen LogP contribution is -2.37. The number of thioether (sulfide) groups is 1. The molecule has 3 amide bonds. The Bertz CT molecular complexity index is 1330. The number of rotatable bonds is 7. The van der Waals surface area contributed by atoms with Crippen LogP contribution >= 0.6 is 23.1 Å². The highest BCUT2D eigenvalue weighted by Gasteiger charge is 2.34. The van der Waals surface area contributed by atoms with Crippen molar-refractivity contribution in [2.24, 2.45) is 0 Å². The zero-order valence-corrected chi connectivity index (χ0v) is 19.8. The van der Waals surface area contributed by atoms with Crippen LogP contribution in [0.5, 0.6) is 0 Å². The quantitative estimate of drug-likeness (QED) is 0.499. The van der Waals surface area contributed by atoms with E-state index in [1.54, 1.807) is 6.08 Å². The SMILES string of the molecule is Cc1sc2nc(CCC(=O)NCCN3C(=O)S/C(=C/c4ccccc4)C3=O)[nH]c(=O)c2c1C. The van der Waals surface area contributed by atoms with Crippen molar-refractivity contribution in [3.63, 3.8) is 0 Å². The van der Waals surface area contributed by atoms with Crippen molar-refractivity contribution >= 4 is 56.4 Å². The van der Waals surface area contributed by atoms with E-state index in [0.29, 0.717) is 20.9 Å². The molecule has 0 aliphatic carbocycles. The summed E-state index contributed by atoms with van der Waals surface area (Å²) in [6.07, 6.45) is 2.10. The number of hydrogen-bond acceptors (Lipinski definition) is 7. The van der Waals surface area contributed by atoms with Crippen molar-refractivity contribution in [3.8, 4) is 0 Å². The molecular formula is C23H22N4O4S2. The van der Waals surface area contributed by atoms with E-state index in [1.807, 2.05) is 44.2 Å². The number of fused-ring (bicyclic) bond motifs is 1. The molecule has 0 radical (unpaired) electrons. The van der Waals surface area contributed by atoms with Gasteiger partial charge in [0.2, 0.25) is 5.91 Å². The molecule has 1 aromatic carbocycles. The van der Waals surface area contributed by atoms with Gasteiger partial charge in [-0.1, -0.05) is 30.3 Å². The summed E-state index contributed by atoms with van der Waals surface area (Å²) >= 11 is 2.36. The maximum Gasteiger partial charge on any atom is 0.293 e. The molecule has 0 bridgehead atoms. The third kappa shape index (κ3) is 5.07. The van der Waals surface area contributed by atoms with E-state index < -0.39 is 0 Å². The molecule has 0 saturated carbocycles. The van der Waals surface area contributed by atoms with Crippen LogP contribution in [0, 0.1) is 13.8 Å². The second-order valence-corrected chi connectivity index (χ2v) is 9.77. The molecule has 170 valence electrons. The number of imide groups is 1. The van der Waals surface area contributed by atoms with Gasteiger partial charge in [-0.15, -0.1) is 11.3 Å². The Labute approximate surface area is 198 Å². The van der Waals surface area contributed by atoms with Crippen molar-refractivity contribution < 1.29 is 14.4 Å². The van der Waals surface area contributed by atoms with Crippen molar-refractivity contribution in [3.05, 3.63) is 67.4 Å². The summed E-state index contributed by atoms with van der Waals surface area (Å²) in [5.74, 6) is -0.149. The normalized spacial score (nSPS) is 15.1. The van der Waals surface area contributed by atoms with Gasteiger partial charge in [0.25, 0.3) is 16.7 Å². The molecule has 33 heavy (non-hydrogen) atoms. The van der Waals surface area contributed by atoms with Crippen LogP contribution < -0.4 is 10.9 Å². The number of nitrogens with one attached hydrogen (secondary N) is 2. The third-order valence-electron chi connectivity index (χ3n) is 5.31. The Kier molecular flexibility index (Phi) is 6.75. The highest BCUT2D eigenvalue weighted by molar-refractivity contribution is 8.18. The number of amides is 3. The lowest BCUT2D eigenvalue weighted by atomic mass is 10.2. The lowest BCUT2D eigenvalue weighted by molar-refractivity contribution is -0.124. The zero-order valence-electron chi connectivity index (χ0n) is 18.1. The standard InChI is InChI=1S/C23H22N4O4S2/c1-13-14(2)32-21-19(13)20(29)25-17(26-21)8-9-18(28)24-10-11-27-22(30)16(33-23(27)31)12-15-6-4-3-5-7-15/h3-7,12H,8-11H2,1-2H3,(H,24,28)(H,25,26,29)/b16-12+. The van der Waals surface area contributed by atoms with Crippen LogP contribution in [0.1, 0.15) is 28.2 Å². The van der Waals surface area contributed by atoms with E-state index in [1.165, 1.54) is 11.3 Å². The van der Waals surface area contributed by atoms with Gasteiger partial charge in [0, 0.05) is 30.8 Å². The number of aryl methyl sites for hydroxylation is 3. The van der Waals surface area contributed by atoms with Gasteiger partial charge in [0.05, 0.1) is 10.3 Å². The molecule has 10 heteroatoms. The largest absolute Gasteiger partial charge is 0.354 e. The minimum Gasteiger partial charge on any atom is -0.354 e. The van der Waals surface area contributed by atoms with Gasteiger partial charge in [-0.3, -0.25) is 24.1 Å². The van der Waals surface area contributed by atoms with Gasteiger partial charge < -0.3 is 10.3 Å². The second-order valence-electron chi connectivity index (χ2n) is 7.57. The maximum absolute atomic E-state index is 12.5. The molecule has 2 N–H and O–H groups in total. The number of benzene rings is 1. The molecule has 3 aromatic rings. The molecule has 0 spiro atoms. The zero-order chi connectivity index (χ0) is 23.5. The van der Waals surface area contributed by atoms with Crippen LogP contribution in [0.2, 0.25) is 0 Å². The first-order chi connectivity index (χ1) is 15.8. The predicted octanol–water partition coefficient (Wildman–Crippen LogP) is 3.39. The summed E-state index contributed by atoms with van der Waals surface area (Å²) in [5, 5.41) is 2.97. The summed E-state index contributed by atoms with van der Waals surface area (Å²) in [5.41, 5.74) is 1.58. The molecule has 8 nitrogen and oxygen atoms in total. The van der Waals surface area contributed by atoms with Gasteiger partial charge >= 0.3 is 0 Å². The number of thiophene rings is 1. The van der Waals surface area contributed by atoms with Crippen LogP contribution in [-0.2, 0) is 16.0 Å². The smallest absolute Gasteiger partial charge is 0.293 e. The second kappa shape index (κ2) is 9.72. The first-order valence-corrected chi connectivity index (χ1v) is 12.0. The Morgan fingerprint density at radius 1 is 1.18 bits per heavy atom. The van der Waals surface area contributed by atoms with Crippen LogP contribution in [-0.4, -0.2) is 45.0 Å². The third-order valence-corrected chi connectivity index (χ3v) is 7.31. The Morgan fingerprint density at radius 3 is 2.70 bits per heavy atom. The first-order valence-electron chi connectivity index (χ1n) is 10.4. The molecule has 1 aliphatic heterocycles. The fourth-order valence-electron chi connectivity index (χ4n) is 3.44. The highest BCUT2D eigenvalue weighted by Crippen LogP contribution is 2.31. The molecule has 1 aliphatic rings. The van der Waals surface area contributed by atoms with E-state index in [2.05, 4.69) is 15.3 Å².